The van der Waals surface area contributed by atoms with Gasteiger partial charge in [-0.05, 0) is 48.7 Å². The molecule has 1 saturated heterocycles. The van der Waals surface area contributed by atoms with Gasteiger partial charge >= 0.3 is 0 Å². The summed E-state index contributed by atoms with van der Waals surface area (Å²) in [6.45, 7) is 2.02. The number of carbonyl (C=O) groups is 1. The van der Waals surface area contributed by atoms with E-state index < -0.39 is 0 Å². The van der Waals surface area contributed by atoms with Crippen LogP contribution in [-0.2, 0) is 4.79 Å². The van der Waals surface area contributed by atoms with Gasteiger partial charge < -0.3 is 4.90 Å². The normalized spacial score (nSPS) is 20.5. The molecule has 1 aliphatic rings. The van der Waals surface area contributed by atoms with Crippen molar-refractivity contribution in [3.05, 3.63) is 64.7 Å². The molecule has 2 aromatic carbocycles. The van der Waals surface area contributed by atoms with Gasteiger partial charge in [0.15, 0.2) is 0 Å². The largest absolute Gasteiger partial charge is 0.314 e. The highest BCUT2D eigenvalue weighted by molar-refractivity contribution is 6.30. The first-order valence-corrected chi connectivity index (χ1v) is 8.03. The number of nitrogens with one attached hydrogen (secondary N) is 2. The number of hydrazine groups is 1. The number of amides is 1. The minimum atomic E-state index is -0.249. The zero-order chi connectivity index (χ0) is 16.4. The Labute approximate surface area is 141 Å². The molecule has 0 saturated carbocycles. The van der Waals surface area contributed by atoms with E-state index in [1.54, 1.807) is 4.90 Å². The Kier molecular flexibility index (Phi) is 4.66. The van der Waals surface area contributed by atoms with Gasteiger partial charge in [0.1, 0.15) is 6.04 Å². The average Bonchev–Trinajstić information content (AvgIpc) is 3.04. The van der Waals surface area contributed by atoms with Gasteiger partial charge in [-0.1, -0.05) is 35.9 Å². The lowest BCUT2D eigenvalue weighted by Crippen LogP contribution is -2.44. The minimum absolute atomic E-state index is 0.0552. The molecule has 0 aromatic heterocycles. The van der Waals surface area contributed by atoms with E-state index >= 15 is 0 Å². The fourth-order valence-electron chi connectivity index (χ4n) is 2.83. The molecule has 1 aliphatic heterocycles. The summed E-state index contributed by atoms with van der Waals surface area (Å²) < 4.78 is 0. The molecule has 2 aromatic rings. The van der Waals surface area contributed by atoms with Crippen LogP contribution in [0.25, 0.3) is 0 Å². The molecule has 4 nitrogen and oxygen atoms in total. The molecule has 2 unspecified atom stereocenters. The van der Waals surface area contributed by atoms with Crippen molar-refractivity contribution in [3.63, 3.8) is 0 Å². The van der Waals surface area contributed by atoms with Crippen LogP contribution >= 0.6 is 11.6 Å². The first kappa shape index (κ1) is 16.0. The Balaban J connectivity index is 1.68. The molecule has 2 N–H and O–H groups in total. The van der Waals surface area contributed by atoms with Crippen molar-refractivity contribution in [1.29, 1.82) is 0 Å². The highest BCUT2D eigenvalue weighted by atomic mass is 35.5. The van der Waals surface area contributed by atoms with Crippen LogP contribution in [0.5, 0.6) is 0 Å². The number of benzene rings is 2. The molecular weight excluding hydrogens is 310 g/mol. The van der Waals surface area contributed by atoms with Crippen LogP contribution in [0.4, 0.5) is 5.69 Å². The zero-order valence-electron chi connectivity index (χ0n) is 13.2. The number of halogens is 1. The van der Waals surface area contributed by atoms with E-state index in [1.807, 2.05) is 62.5 Å². The lowest BCUT2D eigenvalue weighted by Gasteiger charge is -2.21. The summed E-state index contributed by atoms with van der Waals surface area (Å²) in [7, 11) is 1.81. The van der Waals surface area contributed by atoms with Crippen molar-refractivity contribution in [2.24, 2.45) is 0 Å². The van der Waals surface area contributed by atoms with Gasteiger partial charge in [-0.15, -0.1) is 0 Å². The van der Waals surface area contributed by atoms with Crippen LogP contribution in [0.15, 0.2) is 48.5 Å². The fourth-order valence-corrected chi connectivity index (χ4v) is 2.96. The van der Waals surface area contributed by atoms with E-state index in [2.05, 4.69) is 10.9 Å². The van der Waals surface area contributed by atoms with Gasteiger partial charge in [0.25, 0.3) is 0 Å². The average molecular weight is 330 g/mol. The lowest BCUT2D eigenvalue weighted by atomic mass is 10.0. The molecule has 1 amide bonds. The zero-order valence-corrected chi connectivity index (χ0v) is 14.0. The summed E-state index contributed by atoms with van der Waals surface area (Å²) in [6.07, 6.45) is 0.705. The number of hydrogen-bond donors (Lipinski definition) is 2. The van der Waals surface area contributed by atoms with Crippen molar-refractivity contribution >= 4 is 23.2 Å². The Morgan fingerprint density at radius 3 is 2.61 bits per heavy atom. The monoisotopic (exact) mass is 329 g/mol. The van der Waals surface area contributed by atoms with E-state index in [0.717, 1.165) is 16.8 Å². The fraction of sp³-hybridized carbons (Fsp3) is 0.278. The molecular formula is C18H20ClN3O. The molecule has 120 valence electrons. The second-order valence-electron chi connectivity index (χ2n) is 5.92. The quantitative estimate of drug-likeness (QED) is 0.908. The molecule has 3 rings (SSSR count). The predicted octanol–water partition coefficient (Wildman–Crippen LogP) is 3.22. The maximum atomic E-state index is 12.7. The van der Waals surface area contributed by atoms with Crippen LogP contribution in [0.3, 0.4) is 0 Å². The SMILES string of the molecule is Cc1cccc(N(C)C(=O)C2CC(c3ccc(Cl)cc3)NN2)c1. The van der Waals surface area contributed by atoms with Gasteiger partial charge in [-0.3, -0.25) is 4.79 Å². The Morgan fingerprint density at radius 2 is 1.91 bits per heavy atom. The number of anilines is 1. The standard InChI is InChI=1S/C18H20ClN3O/c1-12-4-3-5-15(10-12)22(2)18(23)17-11-16(20-21-17)13-6-8-14(19)9-7-13/h3-10,16-17,20-21H,11H2,1-2H3. The molecule has 0 bridgehead atoms. The number of aryl methyl sites for hydroxylation is 1. The highest BCUT2D eigenvalue weighted by Gasteiger charge is 2.32. The summed E-state index contributed by atoms with van der Waals surface area (Å²) in [5, 5.41) is 0.714. The van der Waals surface area contributed by atoms with Crippen LogP contribution in [-0.4, -0.2) is 19.0 Å². The second kappa shape index (κ2) is 6.71. The predicted molar refractivity (Wildman–Crippen MR) is 93.5 cm³/mol. The number of hydrogen-bond acceptors (Lipinski definition) is 3. The molecule has 23 heavy (non-hydrogen) atoms. The van der Waals surface area contributed by atoms with E-state index in [-0.39, 0.29) is 18.0 Å². The second-order valence-corrected chi connectivity index (χ2v) is 6.35. The van der Waals surface area contributed by atoms with E-state index in [9.17, 15) is 4.79 Å². The van der Waals surface area contributed by atoms with Crippen molar-refractivity contribution in [1.82, 2.24) is 10.9 Å². The summed E-state index contributed by atoms with van der Waals surface area (Å²) in [4.78, 5) is 14.4. The molecule has 0 spiro atoms. The summed E-state index contributed by atoms with van der Waals surface area (Å²) in [6, 6.07) is 15.5. The lowest BCUT2D eigenvalue weighted by molar-refractivity contribution is -0.120. The van der Waals surface area contributed by atoms with Crippen molar-refractivity contribution in [3.8, 4) is 0 Å². The van der Waals surface area contributed by atoms with Gasteiger partial charge in [0, 0.05) is 23.8 Å². The molecule has 5 heteroatoms. The van der Waals surface area contributed by atoms with Crippen molar-refractivity contribution in [2.75, 3.05) is 11.9 Å². The maximum Gasteiger partial charge on any atom is 0.245 e. The van der Waals surface area contributed by atoms with Gasteiger partial charge in [-0.25, -0.2) is 10.9 Å². The maximum absolute atomic E-state index is 12.7. The van der Waals surface area contributed by atoms with E-state index in [4.69, 9.17) is 11.6 Å². The third kappa shape index (κ3) is 3.55. The van der Waals surface area contributed by atoms with Crippen molar-refractivity contribution < 1.29 is 4.79 Å². The van der Waals surface area contributed by atoms with Crippen molar-refractivity contribution in [2.45, 2.75) is 25.4 Å². The number of nitrogens with zero attached hydrogens (tertiary/aromatic N) is 1. The molecule has 2 atom stereocenters. The Morgan fingerprint density at radius 1 is 1.17 bits per heavy atom. The topological polar surface area (TPSA) is 44.4 Å². The van der Waals surface area contributed by atoms with E-state index in [1.165, 1.54) is 0 Å². The van der Waals surface area contributed by atoms with Crippen LogP contribution in [0.1, 0.15) is 23.6 Å². The molecule has 1 fully saturated rings. The minimum Gasteiger partial charge on any atom is -0.314 e. The van der Waals surface area contributed by atoms with Gasteiger partial charge in [-0.2, -0.15) is 0 Å². The third-order valence-corrected chi connectivity index (χ3v) is 4.45. The van der Waals surface area contributed by atoms with Gasteiger partial charge in [0.05, 0.1) is 0 Å². The Bertz CT molecular complexity index is 702. The molecule has 0 radical (unpaired) electrons. The first-order valence-electron chi connectivity index (χ1n) is 7.65. The number of rotatable bonds is 3. The van der Waals surface area contributed by atoms with Crippen LogP contribution < -0.4 is 15.8 Å². The smallest absolute Gasteiger partial charge is 0.245 e. The Hall–Kier alpha value is -1.88. The third-order valence-electron chi connectivity index (χ3n) is 4.19. The first-order chi connectivity index (χ1) is 11.0. The summed E-state index contributed by atoms with van der Waals surface area (Å²) in [5.41, 5.74) is 9.48. The number of likely N-dealkylation sites (N-methyl/N-ethyl adjacent to an activating group) is 1. The van der Waals surface area contributed by atoms with Gasteiger partial charge in [0.2, 0.25) is 5.91 Å². The summed E-state index contributed by atoms with van der Waals surface area (Å²) in [5.74, 6) is 0.0552. The van der Waals surface area contributed by atoms with Crippen LogP contribution in [0.2, 0.25) is 5.02 Å². The highest BCUT2D eigenvalue weighted by Crippen LogP contribution is 2.25. The number of carbonyl (C=O) groups excluding carboxylic acids is 1. The van der Waals surface area contributed by atoms with Crippen LogP contribution in [0, 0.1) is 6.92 Å². The summed E-state index contributed by atoms with van der Waals surface area (Å²) >= 11 is 5.92. The molecule has 1 heterocycles. The molecule has 0 aliphatic carbocycles. The van der Waals surface area contributed by atoms with E-state index in [0.29, 0.717) is 11.4 Å².